The Hall–Kier alpha value is -2.97. The van der Waals surface area contributed by atoms with Gasteiger partial charge in [-0.1, -0.05) is 6.92 Å². The molecule has 1 amide bonds. The van der Waals surface area contributed by atoms with E-state index in [0.29, 0.717) is 0 Å². The van der Waals surface area contributed by atoms with Gasteiger partial charge in [-0.05, 0) is 80.2 Å². The predicted molar refractivity (Wildman–Crippen MR) is 118 cm³/mol. The summed E-state index contributed by atoms with van der Waals surface area (Å²) in [6.07, 6.45) is 10.2. The summed E-state index contributed by atoms with van der Waals surface area (Å²) in [5.41, 5.74) is 0.152. The van der Waals surface area contributed by atoms with E-state index >= 15 is 0 Å². The van der Waals surface area contributed by atoms with E-state index in [1.807, 2.05) is 0 Å². The molecule has 0 saturated heterocycles. The van der Waals surface area contributed by atoms with E-state index < -0.39 is 10.7 Å². The quantitative estimate of drug-likeness (QED) is 0.459. The molecule has 176 valence electrons. The van der Waals surface area contributed by atoms with Crippen molar-refractivity contribution in [3.8, 4) is 5.75 Å². The molecule has 8 nitrogen and oxygen atoms in total. The first-order chi connectivity index (χ1) is 15.8. The van der Waals surface area contributed by atoms with Gasteiger partial charge in [0.2, 0.25) is 5.75 Å². The molecule has 1 N–H and O–H groups in total. The van der Waals surface area contributed by atoms with E-state index in [4.69, 9.17) is 4.74 Å². The minimum absolute atomic E-state index is 0.134. The number of ether oxygens (including phenoxy) is 1. The van der Waals surface area contributed by atoms with Crippen molar-refractivity contribution >= 4 is 11.6 Å². The molecule has 2 aromatic rings. The number of amides is 1. The number of hydrogen-bond donors (Lipinski definition) is 1. The van der Waals surface area contributed by atoms with Crippen molar-refractivity contribution in [1.29, 1.82) is 0 Å². The maximum Gasteiger partial charge on any atom is 0.311 e. The molecule has 1 atom stereocenters. The van der Waals surface area contributed by atoms with Gasteiger partial charge in [0.15, 0.2) is 6.73 Å². The number of rotatable bonds is 8. The third-order valence-corrected chi connectivity index (χ3v) is 7.88. The fourth-order valence-corrected chi connectivity index (χ4v) is 6.97. The van der Waals surface area contributed by atoms with Gasteiger partial charge in [0.25, 0.3) is 5.91 Å². The van der Waals surface area contributed by atoms with Gasteiger partial charge in [0, 0.05) is 24.4 Å². The second kappa shape index (κ2) is 8.43. The maximum absolute atomic E-state index is 13.5. The second-order valence-electron chi connectivity index (χ2n) is 10.1. The van der Waals surface area contributed by atoms with E-state index in [2.05, 4.69) is 17.3 Å². The zero-order valence-corrected chi connectivity index (χ0v) is 18.7. The van der Waals surface area contributed by atoms with Crippen molar-refractivity contribution in [2.45, 2.75) is 64.6 Å². The van der Waals surface area contributed by atoms with Crippen molar-refractivity contribution in [3.05, 3.63) is 52.1 Å². The van der Waals surface area contributed by atoms with Gasteiger partial charge in [0.05, 0.1) is 4.92 Å². The smallest absolute Gasteiger partial charge is 0.311 e. The predicted octanol–water partition coefficient (Wildman–Crippen LogP) is 4.69. The lowest BCUT2D eigenvalue weighted by Crippen LogP contribution is -2.56. The van der Waals surface area contributed by atoms with Crippen molar-refractivity contribution in [3.63, 3.8) is 0 Å². The van der Waals surface area contributed by atoms with Crippen LogP contribution in [0, 0.1) is 39.1 Å². The van der Waals surface area contributed by atoms with Crippen LogP contribution in [0.4, 0.5) is 10.1 Å². The lowest BCUT2D eigenvalue weighted by molar-refractivity contribution is -0.386. The second-order valence-corrected chi connectivity index (χ2v) is 10.1. The molecule has 4 fully saturated rings. The first-order valence-corrected chi connectivity index (χ1v) is 11.8. The summed E-state index contributed by atoms with van der Waals surface area (Å²) in [5.74, 6) is 1.40. The summed E-state index contributed by atoms with van der Waals surface area (Å²) in [4.78, 5) is 23.5. The number of carbonyl (C=O) groups excluding carboxylic acids is 1. The molecular weight excluding hydrogens is 427 g/mol. The van der Waals surface area contributed by atoms with Crippen LogP contribution in [0.2, 0.25) is 0 Å². The highest BCUT2D eigenvalue weighted by molar-refractivity contribution is 5.92. The number of aromatic nitrogens is 2. The van der Waals surface area contributed by atoms with Crippen LogP contribution in [-0.4, -0.2) is 26.7 Å². The molecule has 4 aliphatic rings. The molecule has 9 heteroatoms. The van der Waals surface area contributed by atoms with E-state index in [-0.39, 0.29) is 41.2 Å². The van der Waals surface area contributed by atoms with Gasteiger partial charge in [-0.15, -0.1) is 0 Å². The van der Waals surface area contributed by atoms with Gasteiger partial charge in [-0.3, -0.25) is 14.9 Å². The summed E-state index contributed by atoms with van der Waals surface area (Å²) in [7, 11) is 0. The Morgan fingerprint density at radius 3 is 2.55 bits per heavy atom. The Balaban J connectivity index is 1.24. The Kier molecular flexibility index (Phi) is 5.58. The third kappa shape index (κ3) is 4.20. The van der Waals surface area contributed by atoms with Crippen molar-refractivity contribution in [2.75, 3.05) is 0 Å². The van der Waals surface area contributed by atoms with Crippen LogP contribution in [0.15, 0.2) is 30.5 Å². The van der Waals surface area contributed by atoms with Crippen LogP contribution in [-0.2, 0) is 6.73 Å². The monoisotopic (exact) mass is 456 g/mol. The number of benzene rings is 1. The minimum atomic E-state index is -0.633. The van der Waals surface area contributed by atoms with Crippen LogP contribution in [0.1, 0.15) is 62.4 Å². The van der Waals surface area contributed by atoms with E-state index in [1.54, 1.807) is 12.3 Å². The molecule has 0 aliphatic heterocycles. The Bertz CT molecular complexity index is 1030. The number of nitrogens with one attached hydrogen (secondary N) is 1. The van der Waals surface area contributed by atoms with E-state index in [9.17, 15) is 19.3 Å². The third-order valence-electron chi connectivity index (χ3n) is 7.88. The molecule has 6 rings (SSSR count). The van der Waals surface area contributed by atoms with Crippen LogP contribution in [0.5, 0.6) is 5.75 Å². The summed E-state index contributed by atoms with van der Waals surface area (Å²) in [5, 5.41) is 18.7. The summed E-state index contributed by atoms with van der Waals surface area (Å²) < 4.78 is 20.3. The first kappa shape index (κ1) is 21.9. The minimum Gasteiger partial charge on any atom is -0.464 e. The molecule has 1 aromatic carbocycles. The molecule has 1 unspecified atom stereocenters. The Labute approximate surface area is 191 Å². The van der Waals surface area contributed by atoms with Gasteiger partial charge >= 0.3 is 5.69 Å². The van der Waals surface area contributed by atoms with Gasteiger partial charge in [-0.2, -0.15) is 5.10 Å². The number of halogens is 1. The number of hydrogen-bond acceptors (Lipinski definition) is 5. The van der Waals surface area contributed by atoms with E-state index in [1.165, 1.54) is 43.2 Å². The highest BCUT2D eigenvalue weighted by Gasteiger charge is 2.54. The fraction of sp³-hybridized carbons (Fsp3) is 0.583. The van der Waals surface area contributed by atoms with Crippen molar-refractivity contribution in [1.82, 2.24) is 15.1 Å². The molecule has 1 heterocycles. The summed E-state index contributed by atoms with van der Waals surface area (Å²) >= 11 is 0. The largest absolute Gasteiger partial charge is 0.464 e. The summed E-state index contributed by atoms with van der Waals surface area (Å²) in [6, 6.07) is 4.77. The Morgan fingerprint density at radius 1 is 1.27 bits per heavy atom. The molecule has 0 spiro atoms. The highest BCUT2D eigenvalue weighted by Crippen LogP contribution is 2.61. The van der Waals surface area contributed by atoms with Gasteiger partial charge in [0.1, 0.15) is 11.5 Å². The van der Waals surface area contributed by atoms with Crippen LogP contribution >= 0.6 is 0 Å². The lowest BCUT2D eigenvalue weighted by Gasteiger charge is -2.59. The van der Waals surface area contributed by atoms with Gasteiger partial charge < -0.3 is 10.1 Å². The summed E-state index contributed by atoms with van der Waals surface area (Å²) in [6.45, 7) is 1.96. The molecule has 0 radical (unpaired) electrons. The number of nitrogens with zero attached hydrogens (tertiary/aromatic N) is 3. The topological polar surface area (TPSA) is 99.3 Å². The molecule has 1 aromatic heterocycles. The van der Waals surface area contributed by atoms with Crippen molar-refractivity contribution < 1.29 is 18.8 Å². The molecule has 4 bridgehead atoms. The maximum atomic E-state index is 13.5. The molecular formula is C24H29FN4O4. The van der Waals surface area contributed by atoms with Crippen LogP contribution in [0.25, 0.3) is 0 Å². The molecule has 4 saturated carbocycles. The van der Waals surface area contributed by atoms with Crippen LogP contribution < -0.4 is 10.1 Å². The van der Waals surface area contributed by atoms with Crippen LogP contribution in [0.3, 0.4) is 0 Å². The molecule has 4 aliphatic carbocycles. The standard InChI is InChI=1S/C24H29FN4O4/c1-2-22(24-11-15-7-16(12-24)9-17(8-15)13-24)26-23(30)19-5-6-28(27-19)14-33-21-10-18(25)3-4-20(21)29(31)32/h3-6,10,15-17,22H,2,7-9,11-14H2,1H3,(H,26,30). The first-order valence-electron chi connectivity index (χ1n) is 11.8. The highest BCUT2D eigenvalue weighted by atomic mass is 19.1. The number of carbonyl (C=O) groups is 1. The zero-order valence-electron chi connectivity index (χ0n) is 18.7. The van der Waals surface area contributed by atoms with E-state index in [0.717, 1.165) is 42.4 Å². The average molecular weight is 457 g/mol. The van der Waals surface area contributed by atoms with Gasteiger partial charge in [-0.25, -0.2) is 9.07 Å². The Morgan fingerprint density at radius 2 is 1.94 bits per heavy atom. The lowest BCUT2D eigenvalue weighted by atomic mass is 9.47. The van der Waals surface area contributed by atoms with Crippen molar-refractivity contribution in [2.24, 2.45) is 23.2 Å². The average Bonchev–Trinajstić information content (AvgIpc) is 3.24. The fourth-order valence-electron chi connectivity index (χ4n) is 6.97. The molecule has 33 heavy (non-hydrogen) atoms. The number of nitro benzene ring substituents is 1. The number of nitro groups is 1. The SMILES string of the molecule is CCC(NC(=O)c1ccn(COc2cc(F)ccc2[N+](=O)[O-])n1)C12CC3CC(CC(C3)C1)C2. The zero-order chi connectivity index (χ0) is 23.2. The normalized spacial score (nSPS) is 28.5.